The molecule has 0 saturated carbocycles. The number of carbonyl (C=O) groups excluding carboxylic acids is 1. The van der Waals surface area contributed by atoms with Gasteiger partial charge >= 0.3 is 6.09 Å². The molecule has 0 bridgehead atoms. The van der Waals surface area contributed by atoms with Gasteiger partial charge in [-0.2, -0.15) is 12.6 Å². The summed E-state index contributed by atoms with van der Waals surface area (Å²) in [6, 6.07) is 7.71. The lowest BCUT2D eigenvalue weighted by Gasteiger charge is -2.19. The lowest BCUT2D eigenvalue weighted by molar-refractivity contribution is 0.0520. The van der Waals surface area contributed by atoms with Crippen molar-refractivity contribution < 1.29 is 14.3 Å². The van der Waals surface area contributed by atoms with Crippen LogP contribution >= 0.6 is 12.6 Å². The van der Waals surface area contributed by atoms with E-state index in [1.165, 1.54) is 0 Å². The molecular formula is C14H21NO3S. The van der Waals surface area contributed by atoms with E-state index in [2.05, 4.69) is 17.9 Å². The van der Waals surface area contributed by atoms with Gasteiger partial charge in [0.05, 0.1) is 6.54 Å². The molecule has 0 aliphatic rings. The van der Waals surface area contributed by atoms with Crippen LogP contribution in [0.3, 0.4) is 0 Å². The van der Waals surface area contributed by atoms with Gasteiger partial charge in [-0.3, -0.25) is 0 Å². The number of benzene rings is 1. The van der Waals surface area contributed by atoms with Gasteiger partial charge in [0.15, 0.2) is 0 Å². The average Bonchev–Trinajstić information content (AvgIpc) is 2.33. The fourth-order valence-electron chi connectivity index (χ4n) is 1.37. The van der Waals surface area contributed by atoms with E-state index >= 15 is 0 Å². The fourth-order valence-corrected chi connectivity index (χ4v) is 1.57. The number of alkyl carbamates (subject to hydrolysis) is 1. The van der Waals surface area contributed by atoms with Crippen LogP contribution in [0.1, 0.15) is 26.3 Å². The summed E-state index contributed by atoms with van der Waals surface area (Å²) < 4.78 is 10.6. The highest BCUT2D eigenvalue weighted by molar-refractivity contribution is 7.79. The predicted octanol–water partition coefficient (Wildman–Crippen LogP) is 3.02. The molecule has 0 heterocycles. The second-order valence-electron chi connectivity index (χ2n) is 5.08. The van der Waals surface area contributed by atoms with Gasteiger partial charge in [0, 0.05) is 5.75 Å². The number of carbonyl (C=O) groups is 1. The van der Waals surface area contributed by atoms with Crippen molar-refractivity contribution in [2.24, 2.45) is 0 Å². The van der Waals surface area contributed by atoms with Crippen molar-refractivity contribution in [3.8, 4) is 5.75 Å². The number of amides is 1. The first-order valence-electron chi connectivity index (χ1n) is 6.20. The van der Waals surface area contributed by atoms with Crippen molar-refractivity contribution in [3.63, 3.8) is 0 Å². The summed E-state index contributed by atoms with van der Waals surface area (Å²) in [5.74, 6) is 1.45. The maximum Gasteiger partial charge on any atom is 0.407 e. The third kappa shape index (κ3) is 6.96. The van der Waals surface area contributed by atoms with E-state index < -0.39 is 11.7 Å². The maximum atomic E-state index is 11.4. The van der Waals surface area contributed by atoms with E-state index in [1.54, 1.807) is 0 Å². The van der Waals surface area contributed by atoms with Crippen LogP contribution in [-0.2, 0) is 10.5 Å². The summed E-state index contributed by atoms with van der Waals surface area (Å²) in [5, 5.41) is 2.64. The van der Waals surface area contributed by atoms with Crippen LogP contribution in [0.15, 0.2) is 24.3 Å². The molecule has 1 aromatic carbocycles. The minimum absolute atomic E-state index is 0.398. The number of ether oxygens (including phenoxy) is 2. The third-order valence-corrected chi connectivity index (χ3v) is 2.49. The fraction of sp³-hybridized carbons (Fsp3) is 0.500. The van der Waals surface area contributed by atoms with Gasteiger partial charge < -0.3 is 14.8 Å². The van der Waals surface area contributed by atoms with Crippen molar-refractivity contribution in [1.82, 2.24) is 5.32 Å². The number of hydrogen-bond acceptors (Lipinski definition) is 4. The second-order valence-corrected chi connectivity index (χ2v) is 5.40. The SMILES string of the molecule is CC(C)(C)OC(=O)NCCOc1cccc(CS)c1. The summed E-state index contributed by atoms with van der Waals surface area (Å²) in [7, 11) is 0. The minimum Gasteiger partial charge on any atom is -0.492 e. The van der Waals surface area contributed by atoms with E-state index in [9.17, 15) is 4.79 Å². The number of thiol groups is 1. The molecule has 0 aromatic heterocycles. The molecule has 1 rings (SSSR count). The lowest BCUT2D eigenvalue weighted by Crippen LogP contribution is -2.34. The second kappa shape index (κ2) is 7.28. The van der Waals surface area contributed by atoms with E-state index in [0.717, 1.165) is 11.3 Å². The van der Waals surface area contributed by atoms with Crippen molar-refractivity contribution >= 4 is 18.7 Å². The molecule has 0 atom stereocenters. The van der Waals surface area contributed by atoms with Crippen LogP contribution in [0.25, 0.3) is 0 Å². The molecular weight excluding hydrogens is 262 g/mol. The Labute approximate surface area is 119 Å². The predicted molar refractivity (Wildman–Crippen MR) is 78.9 cm³/mol. The van der Waals surface area contributed by atoms with E-state index in [-0.39, 0.29) is 0 Å². The van der Waals surface area contributed by atoms with Crippen molar-refractivity contribution in [2.75, 3.05) is 13.2 Å². The van der Waals surface area contributed by atoms with Gasteiger partial charge in [-0.1, -0.05) is 12.1 Å². The average molecular weight is 283 g/mol. The Bertz CT molecular complexity index is 415. The molecule has 1 amide bonds. The Morgan fingerprint density at radius 2 is 2.11 bits per heavy atom. The van der Waals surface area contributed by atoms with Gasteiger partial charge in [0.25, 0.3) is 0 Å². The Morgan fingerprint density at radius 3 is 2.74 bits per heavy atom. The first kappa shape index (κ1) is 15.7. The third-order valence-electron chi connectivity index (χ3n) is 2.12. The van der Waals surface area contributed by atoms with Gasteiger partial charge in [-0.25, -0.2) is 4.79 Å². The quantitative estimate of drug-likeness (QED) is 0.645. The molecule has 1 N–H and O–H groups in total. The van der Waals surface area contributed by atoms with Crippen LogP contribution < -0.4 is 10.1 Å². The highest BCUT2D eigenvalue weighted by Crippen LogP contribution is 2.14. The summed E-state index contributed by atoms with van der Waals surface area (Å²) in [4.78, 5) is 11.4. The highest BCUT2D eigenvalue weighted by Gasteiger charge is 2.15. The Hall–Kier alpha value is -1.36. The Balaban J connectivity index is 2.25. The van der Waals surface area contributed by atoms with E-state index in [4.69, 9.17) is 9.47 Å². The zero-order chi connectivity index (χ0) is 14.3. The Morgan fingerprint density at radius 1 is 1.37 bits per heavy atom. The first-order chi connectivity index (χ1) is 8.90. The molecule has 0 saturated heterocycles. The molecule has 5 heteroatoms. The van der Waals surface area contributed by atoms with Crippen molar-refractivity contribution in [1.29, 1.82) is 0 Å². The summed E-state index contributed by atoms with van der Waals surface area (Å²) in [6.45, 7) is 6.28. The molecule has 4 nitrogen and oxygen atoms in total. The molecule has 19 heavy (non-hydrogen) atoms. The molecule has 0 radical (unpaired) electrons. The minimum atomic E-state index is -0.480. The lowest BCUT2D eigenvalue weighted by atomic mass is 10.2. The monoisotopic (exact) mass is 283 g/mol. The molecule has 0 aliphatic carbocycles. The highest BCUT2D eigenvalue weighted by atomic mass is 32.1. The smallest absolute Gasteiger partial charge is 0.407 e. The number of hydrogen-bond donors (Lipinski definition) is 2. The topological polar surface area (TPSA) is 47.6 Å². The van der Waals surface area contributed by atoms with Gasteiger partial charge in [-0.05, 0) is 38.5 Å². The van der Waals surface area contributed by atoms with Gasteiger partial charge in [0.2, 0.25) is 0 Å². The molecule has 106 valence electrons. The normalized spacial score (nSPS) is 10.9. The molecule has 0 spiro atoms. The molecule has 1 aromatic rings. The zero-order valence-electron chi connectivity index (χ0n) is 11.6. The van der Waals surface area contributed by atoms with Crippen LogP contribution in [0, 0.1) is 0 Å². The molecule has 0 unspecified atom stereocenters. The van der Waals surface area contributed by atoms with Gasteiger partial charge in [0.1, 0.15) is 18.0 Å². The van der Waals surface area contributed by atoms with E-state index in [0.29, 0.717) is 18.9 Å². The standard InChI is InChI=1S/C14H21NO3S/c1-14(2,3)18-13(16)15-7-8-17-12-6-4-5-11(9-12)10-19/h4-6,9,19H,7-8,10H2,1-3H3,(H,15,16). The van der Waals surface area contributed by atoms with Crippen molar-refractivity contribution in [2.45, 2.75) is 32.1 Å². The molecule has 0 fully saturated rings. The zero-order valence-corrected chi connectivity index (χ0v) is 12.5. The van der Waals surface area contributed by atoms with E-state index in [1.807, 2.05) is 45.0 Å². The van der Waals surface area contributed by atoms with Crippen LogP contribution in [0.5, 0.6) is 5.75 Å². The number of rotatable bonds is 5. The van der Waals surface area contributed by atoms with Crippen LogP contribution in [-0.4, -0.2) is 24.8 Å². The Kier molecular flexibility index (Phi) is 6.02. The van der Waals surface area contributed by atoms with Crippen LogP contribution in [0.4, 0.5) is 4.79 Å². The molecule has 0 aliphatic heterocycles. The van der Waals surface area contributed by atoms with Crippen molar-refractivity contribution in [3.05, 3.63) is 29.8 Å². The summed E-state index contributed by atoms with van der Waals surface area (Å²) in [5.41, 5.74) is 0.618. The largest absolute Gasteiger partial charge is 0.492 e. The maximum absolute atomic E-state index is 11.4. The van der Waals surface area contributed by atoms with Gasteiger partial charge in [-0.15, -0.1) is 0 Å². The number of nitrogens with one attached hydrogen (secondary N) is 1. The van der Waals surface area contributed by atoms with Crippen LogP contribution in [0.2, 0.25) is 0 Å². The summed E-state index contributed by atoms with van der Waals surface area (Å²) >= 11 is 4.20. The summed E-state index contributed by atoms with van der Waals surface area (Å²) in [6.07, 6.45) is -0.430. The first-order valence-corrected chi connectivity index (χ1v) is 6.83.